The van der Waals surface area contributed by atoms with Gasteiger partial charge in [-0.2, -0.15) is 0 Å². The van der Waals surface area contributed by atoms with Crippen LogP contribution in [0.2, 0.25) is 0 Å². The molecule has 3 aromatic rings. The molecule has 1 amide bonds. The summed E-state index contributed by atoms with van der Waals surface area (Å²) in [4.78, 5) is 44.9. The molecule has 196 valence electrons. The van der Waals surface area contributed by atoms with Crippen LogP contribution in [-0.2, 0) is 14.3 Å². The average molecular weight is 535 g/mol. The zero-order valence-electron chi connectivity index (χ0n) is 21.3. The maximum atomic E-state index is 13.4. The highest BCUT2D eigenvalue weighted by atomic mass is 32.1. The molecule has 9 nitrogen and oxygen atoms in total. The van der Waals surface area contributed by atoms with Crippen LogP contribution in [0.1, 0.15) is 38.1 Å². The van der Waals surface area contributed by atoms with Crippen molar-refractivity contribution in [1.29, 1.82) is 0 Å². The van der Waals surface area contributed by atoms with E-state index in [0.29, 0.717) is 40.5 Å². The van der Waals surface area contributed by atoms with E-state index in [1.54, 1.807) is 62.4 Å². The number of benzene rings is 2. The second-order valence-electron chi connectivity index (χ2n) is 8.42. The second kappa shape index (κ2) is 10.9. The number of Topliss-reactive ketones (excluding diaryl/α,β-unsaturated/α-hetero) is 1. The maximum Gasteiger partial charge on any atom is 0.350 e. The number of aryl methyl sites for hydroxylation is 2. The Bertz CT molecular complexity index is 1460. The minimum Gasteiger partial charge on any atom is -0.507 e. The van der Waals surface area contributed by atoms with Crippen LogP contribution < -0.4 is 14.4 Å². The Labute approximate surface area is 223 Å². The minimum atomic E-state index is -1.01. The van der Waals surface area contributed by atoms with Gasteiger partial charge in [-0.1, -0.05) is 36.1 Å². The number of aromatic nitrogens is 1. The number of hydrogen-bond acceptors (Lipinski definition) is 9. The molecule has 1 aromatic heterocycles. The Morgan fingerprint density at radius 2 is 1.82 bits per heavy atom. The van der Waals surface area contributed by atoms with Crippen LogP contribution in [-0.4, -0.2) is 48.6 Å². The molecule has 0 bridgehead atoms. The van der Waals surface area contributed by atoms with E-state index in [9.17, 15) is 19.5 Å². The van der Waals surface area contributed by atoms with Gasteiger partial charge in [-0.3, -0.25) is 14.5 Å². The van der Waals surface area contributed by atoms with Gasteiger partial charge in [-0.25, -0.2) is 9.78 Å². The lowest BCUT2D eigenvalue weighted by Crippen LogP contribution is -2.29. The van der Waals surface area contributed by atoms with Gasteiger partial charge in [0.05, 0.1) is 31.5 Å². The Morgan fingerprint density at radius 1 is 1.13 bits per heavy atom. The summed E-state index contributed by atoms with van der Waals surface area (Å²) in [7, 11) is 2.78. The third-order valence-electron chi connectivity index (χ3n) is 6.06. The standard InChI is InChI=1S/C28H26N2O7S/c1-6-13-37-19-11-12-20(15(2)14-19)23(31)21-22(17-7-9-18(35-4)10-8-17)30(26(33)24(21)32)28-29-16(3)25(38-28)27(34)36-5/h6-12,14,22,31H,1,13H2,2-5H3/b23-21-. The van der Waals surface area contributed by atoms with Crippen molar-refractivity contribution in [2.45, 2.75) is 19.9 Å². The van der Waals surface area contributed by atoms with Gasteiger partial charge < -0.3 is 19.3 Å². The van der Waals surface area contributed by atoms with E-state index in [0.717, 1.165) is 11.3 Å². The SMILES string of the molecule is C=CCOc1ccc(/C(O)=C2/C(=O)C(=O)N(c3nc(C)c(C(=O)OC)s3)C2c2ccc(OC)cc2)c(C)c1. The minimum absolute atomic E-state index is 0.101. The smallest absolute Gasteiger partial charge is 0.350 e. The molecule has 10 heteroatoms. The number of methoxy groups -OCH3 is 2. The highest BCUT2D eigenvalue weighted by molar-refractivity contribution is 7.17. The fourth-order valence-electron chi connectivity index (χ4n) is 4.19. The van der Waals surface area contributed by atoms with Gasteiger partial charge >= 0.3 is 11.9 Å². The number of carbonyl (C=O) groups excluding carboxylic acids is 3. The van der Waals surface area contributed by atoms with E-state index in [2.05, 4.69) is 11.6 Å². The molecule has 4 rings (SSSR count). The third-order valence-corrected chi connectivity index (χ3v) is 7.20. The molecule has 1 fully saturated rings. The summed E-state index contributed by atoms with van der Waals surface area (Å²) in [5.74, 6) is -1.53. The van der Waals surface area contributed by atoms with Crippen molar-refractivity contribution < 1.29 is 33.7 Å². The van der Waals surface area contributed by atoms with E-state index < -0.39 is 23.7 Å². The number of anilines is 1. The van der Waals surface area contributed by atoms with Crippen LogP contribution in [0.3, 0.4) is 0 Å². The zero-order chi connectivity index (χ0) is 27.6. The van der Waals surface area contributed by atoms with Crippen molar-refractivity contribution in [2.24, 2.45) is 0 Å². The van der Waals surface area contributed by atoms with E-state index in [-0.39, 0.29) is 21.3 Å². The van der Waals surface area contributed by atoms with E-state index in [4.69, 9.17) is 14.2 Å². The molecule has 1 unspecified atom stereocenters. The summed E-state index contributed by atoms with van der Waals surface area (Å²) < 4.78 is 15.6. The Balaban J connectivity index is 1.90. The van der Waals surface area contributed by atoms with Gasteiger partial charge in [0.1, 0.15) is 28.7 Å². The van der Waals surface area contributed by atoms with Gasteiger partial charge in [0.25, 0.3) is 5.78 Å². The summed E-state index contributed by atoms with van der Waals surface area (Å²) in [6, 6.07) is 10.8. The van der Waals surface area contributed by atoms with Crippen molar-refractivity contribution in [3.05, 3.63) is 88.0 Å². The van der Waals surface area contributed by atoms with Gasteiger partial charge in [0.15, 0.2) is 5.13 Å². The van der Waals surface area contributed by atoms with Gasteiger partial charge in [-0.15, -0.1) is 0 Å². The lowest BCUT2D eigenvalue weighted by Gasteiger charge is -2.23. The van der Waals surface area contributed by atoms with E-state index >= 15 is 0 Å². The number of rotatable bonds is 8. The lowest BCUT2D eigenvalue weighted by molar-refractivity contribution is -0.132. The first kappa shape index (κ1) is 26.6. The van der Waals surface area contributed by atoms with Crippen LogP contribution in [0, 0.1) is 13.8 Å². The maximum absolute atomic E-state index is 13.4. The van der Waals surface area contributed by atoms with E-state index in [1.165, 1.54) is 19.1 Å². The van der Waals surface area contributed by atoms with Crippen molar-refractivity contribution in [2.75, 3.05) is 25.7 Å². The van der Waals surface area contributed by atoms with Crippen LogP contribution in [0.15, 0.2) is 60.7 Å². The molecule has 2 aromatic carbocycles. The summed E-state index contributed by atoms with van der Waals surface area (Å²) in [6.07, 6.45) is 1.62. The predicted octanol–water partition coefficient (Wildman–Crippen LogP) is 4.75. The molecule has 1 saturated heterocycles. The number of amides is 1. The first-order valence-electron chi connectivity index (χ1n) is 11.6. The molecule has 1 aliphatic heterocycles. The molecule has 0 aliphatic carbocycles. The number of nitrogens with zero attached hydrogens (tertiary/aromatic N) is 2. The number of carbonyl (C=O) groups is 3. The summed E-state index contributed by atoms with van der Waals surface area (Å²) in [6.45, 7) is 7.32. The predicted molar refractivity (Wildman–Crippen MR) is 143 cm³/mol. The second-order valence-corrected chi connectivity index (χ2v) is 9.40. The molecular weight excluding hydrogens is 508 g/mol. The van der Waals surface area contributed by atoms with Gasteiger partial charge in [0, 0.05) is 5.56 Å². The van der Waals surface area contributed by atoms with Crippen molar-refractivity contribution in [3.63, 3.8) is 0 Å². The molecule has 0 spiro atoms. The molecular formula is C28H26N2O7S. The van der Waals surface area contributed by atoms with Crippen LogP contribution >= 0.6 is 11.3 Å². The van der Waals surface area contributed by atoms with Crippen molar-refractivity contribution in [3.8, 4) is 11.5 Å². The largest absolute Gasteiger partial charge is 0.507 e. The Kier molecular flexibility index (Phi) is 7.63. The fraction of sp³-hybridized carbons (Fsp3) is 0.214. The zero-order valence-corrected chi connectivity index (χ0v) is 22.1. The first-order chi connectivity index (χ1) is 18.2. The number of hydrogen-bond donors (Lipinski definition) is 1. The number of ketones is 1. The molecule has 1 aliphatic rings. The van der Waals surface area contributed by atoms with Crippen LogP contribution in [0.4, 0.5) is 5.13 Å². The quantitative estimate of drug-likeness (QED) is 0.145. The molecule has 2 heterocycles. The molecule has 1 atom stereocenters. The third kappa shape index (κ3) is 4.78. The van der Waals surface area contributed by atoms with Gasteiger partial charge in [-0.05, 0) is 55.3 Å². The molecule has 0 radical (unpaired) electrons. The van der Waals surface area contributed by atoms with E-state index in [1.807, 2.05) is 0 Å². The van der Waals surface area contributed by atoms with Gasteiger partial charge in [0.2, 0.25) is 0 Å². The van der Waals surface area contributed by atoms with Crippen molar-refractivity contribution in [1.82, 2.24) is 4.98 Å². The normalized spacial score (nSPS) is 16.4. The highest BCUT2D eigenvalue weighted by Gasteiger charge is 2.48. The summed E-state index contributed by atoms with van der Waals surface area (Å²) in [5.41, 5.74) is 1.82. The summed E-state index contributed by atoms with van der Waals surface area (Å²) in [5, 5.41) is 11.6. The van der Waals surface area contributed by atoms with Crippen molar-refractivity contribution >= 4 is 39.9 Å². The monoisotopic (exact) mass is 534 g/mol. The Hall–Kier alpha value is -4.44. The number of ether oxygens (including phenoxy) is 3. The fourth-order valence-corrected chi connectivity index (χ4v) is 5.20. The Morgan fingerprint density at radius 3 is 2.42 bits per heavy atom. The van der Waals surface area contributed by atoms with Crippen LogP contribution in [0.5, 0.6) is 11.5 Å². The number of aliphatic hydroxyl groups excluding tert-OH is 1. The topological polar surface area (TPSA) is 115 Å². The number of aliphatic hydroxyl groups is 1. The average Bonchev–Trinajstić information content (AvgIpc) is 3.43. The molecule has 38 heavy (non-hydrogen) atoms. The number of thiazole rings is 1. The lowest BCUT2D eigenvalue weighted by atomic mass is 9.94. The number of esters is 1. The summed E-state index contributed by atoms with van der Waals surface area (Å²) >= 11 is 0.937. The molecule has 0 saturated carbocycles. The van der Waals surface area contributed by atoms with Crippen LogP contribution in [0.25, 0.3) is 5.76 Å². The first-order valence-corrected chi connectivity index (χ1v) is 12.4. The highest BCUT2D eigenvalue weighted by Crippen LogP contribution is 2.44. The molecule has 1 N–H and O–H groups in total.